The van der Waals surface area contributed by atoms with Crippen LogP contribution in [0, 0.1) is 51.8 Å². The summed E-state index contributed by atoms with van der Waals surface area (Å²) in [7, 11) is -11.9. The number of nitro benzene ring substituents is 2. The van der Waals surface area contributed by atoms with Crippen LogP contribution in [-0.2, 0) is 44.8 Å². The number of carboxylic acids is 2. The molecule has 18 rings (SSSR count). The molecule has 12 aromatic rings. The van der Waals surface area contributed by atoms with Crippen LogP contribution < -0.4 is 39.5 Å². The predicted octanol–water partition coefficient (Wildman–Crippen LogP) is 23.1. The fourth-order valence-electron chi connectivity index (χ4n) is 21.2. The van der Waals surface area contributed by atoms with Crippen molar-refractivity contribution in [1.29, 1.82) is 0 Å². The Kier molecular flexibility index (Phi) is 34.7. The molecule has 0 spiro atoms. The topological polar surface area (TPSA) is 325 Å². The fourth-order valence-corrected chi connectivity index (χ4v) is 28.4. The van der Waals surface area contributed by atoms with E-state index in [-0.39, 0.29) is 81.7 Å². The van der Waals surface area contributed by atoms with Gasteiger partial charge < -0.3 is 67.4 Å². The average Bonchev–Trinajstić information content (AvgIpc) is 1.59. The molecule has 36 heteroatoms. The van der Waals surface area contributed by atoms with E-state index < -0.39 is 34.8 Å². The number of phosphoric acid groups is 1. The van der Waals surface area contributed by atoms with Crippen LogP contribution in [0.25, 0.3) is 44.8 Å². The van der Waals surface area contributed by atoms with Gasteiger partial charge in [0.25, 0.3) is 11.4 Å². The molecule has 4 N–H and O–H groups in total. The van der Waals surface area contributed by atoms with Crippen LogP contribution in [0.15, 0.2) is 252 Å². The zero-order valence-corrected chi connectivity index (χ0v) is 88.7. The second kappa shape index (κ2) is 47.6. The molecule has 0 aliphatic carbocycles. The first kappa shape index (κ1) is 106. The van der Waals surface area contributed by atoms with Crippen LogP contribution in [0.3, 0.4) is 0 Å². The Morgan fingerprint density at radius 3 is 1.18 bits per heavy atom. The van der Waals surface area contributed by atoms with Crippen molar-refractivity contribution in [3.63, 3.8) is 0 Å². The quantitative estimate of drug-likeness (QED) is 0.0122. The molecule has 6 aliphatic heterocycles. The predicted molar refractivity (Wildman–Crippen MR) is 586 cm³/mol. The third kappa shape index (κ3) is 24.9. The second-order valence-electron chi connectivity index (χ2n) is 38.6. The van der Waals surface area contributed by atoms with Crippen LogP contribution in [-0.4, -0.2) is 210 Å². The molecule has 146 heavy (non-hydrogen) atoms. The van der Waals surface area contributed by atoms with E-state index >= 15 is 0 Å². The number of aromatic carboxylic acids is 2. The Balaban J connectivity index is 0.000000200. The molecule has 0 amide bonds. The van der Waals surface area contributed by atoms with E-state index in [1.165, 1.54) is 17.0 Å². The summed E-state index contributed by atoms with van der Waals surface area (Å²) in [6.07, 6.45) is 4.19. The largest absolute Gasteiger partial charge is 0.478 e. The number of thioether (sulfide) groups is 2. The number of benzene rings is 10. The standard InChI is InChI=1S/C56H65ClN6O10P2S.C54H60ClN6O7PS/c1-39(2)62-40(3)53(56(64)65)54(55(62)43-12-15-46(57)16-13-43)45-8-7-9-49(35-45)60-30-28-59(29-31-60)47-17-19-48(20-18-47)61-32-33-72-74(61,68)50-21-14-44(52(36-50)63(66)67)34-42(38-76-51-10-5-4-6-11-51)24-27-58-25-22-41(23-26-58)37-73-75(69,70)71;1-38(2)60-39(3)51(54(62)63)52(53(60)41-12-15-44(55)16-13-41)43-8-7-9-47(35-43)58-26-24-57(25-27-58)45-17-19-46(20-18-45)59-30-33-68-69(59,66)48-21-14-42(50(36-48)61(64)65)34-40(22-23-56-28-31-67-32-29-56)37-70-49-10-5-4-6-11-49/h4-21,35-36,39,41-42H,22-34,37-38H2,1-3H3,(H,64,65)(H2,69,70,71);4-21,35-36,38,40H,22-34,37H2,1-3H3,(H,62,63)/t42-,74+;40-,69-/m00/s1. The minimum atomic E-state index is -4.52. The molecule has 6 fully saturated rings. The lowest BCUT2D eigenvalue weighted by Gasteiger charge is -2.37. The van der Waals surface area contributed by atoms with Gasteiger partial charge in [-0.2, -0.15) is 0 Å². The Hall–Kier alpha value is -11.1. The van der Waals surface area contributed by atoms with E-state index in [9.17, 15) is 53.7 Å². The van der Waals surface area contributed by atoms with Gasteiger partial charge in [0, 0.05) is 189 Å². The highest BCUT2D eigenvalue weighted by Gasteiger charge is 2.44. The number of hydrogen-bond acceptors (Lipinski definition) is 21. The number of rotatable bonds is 37. The Bertz CT molecular complexity index is 6760. The first-order chi connectivity index (χ1) is 70.3. The number of likely N-dealkylation sites (tertiary alicyclic amines) is 1. The minimum absolute atomic E-state index is 0.00776. The lowest BCUT2D eigenvalue weighted by molar-refractivity contribution is -0.385. The van der Waals surface area contributed by atoms with Crippen molar-refractivity contribution in [2.24, 2.45) is 17.8 Å². The molecule has 0 bridgehead atoms. The van der Waals surface area contributed by atoms with Crippen molar-refractivity contribution < 1.29 is 71.4 Å². The van der Waals surface area contributed by atoms with Gasteiger partial charge in [0.05, 0.1) is 89.1 Å². The maximum atomic E-state index is 15.0. The van der Waals surface area contributed by atoms with Gasteiger partial charge in [0.15, 0.2) is 0 Å². The molecule has 768 valence electrons. The number of nitrogens with zero attached hydrogens (tertiary/aromatic N) is 12. The van der Waals surface area contributed by atoms with Gasteiger partial charge >= 0.3 is 34.8 Å². The monoisotopic (exact) mass is 2110 g/mol. The van der Waals surface area contributed by atoms with Crippen molar-refractivity contribution in [1.82, 2.24) is 18.9 Å². The summed E-state index contributed by atoms with van der Waals surface area (Å²) >= 11 is 16.1. The molecular weight excluding hydrogens is 1990 g/mol. The number of piperidine rings is 1. The highest BCUT2D eigenvalue weighted by molar-refractivity contribution is 7.99. The van der Waals surface area contributed by atoms with Crippen molar-refractivity contribution in [3.8, 4) is 44.8 Å². The number of phosphoric ester groups is 1. The van der Waals surface area contributed by atoms with Crippen molar-refractivity contribution >= 4 is 138 Å². The van der Waals surface area contributed by atoms with Crippen molar-refractivity contribution in [2.45, 2.75) is 102 Å². The van der Waals surface area contributed by atoms with Gasteiger partial charge in [-0.1, -0.05) is 120 Å². The molecule has 0 radical (unpaired) electrons. The van der Waals surface area contributed by atoms with Gasteiger partial charge in [0.2, 0.25) is 0 Å². The Morgan fingerprint density at radius 2 is 0.822 bits per heavy atom. The van der Waals surface area contributed by atoms with Crippen LogP contribution >= 0.6 is 69.6 Å². The Morgan fingerprint density at radius 1 is 0.452 bits per heavy atom. The normalized spacial score (nSPS) is 18.2. The van der Waals surface area contributed by atoms with Gasteiger partial charge in [-0.15, -0.1) is 23.5 Å². The lowest BCUT2D eigenvalue weighted by Crippen LogP contribution is -2.46. The summed E-state index contributed by atoms with van der Waals surface area (Å²) in [5, 5.41) is 48.5. The molecule has 29 nitrogen and oxygen atoms in total. The molecular formula is C110H125Cl2N12O17P3S2. The first-order valence-corrected chi connectivity index (χ1v) is 57.3. The van der Waals surface area contributed by atoms with E-state index in [1.807, 2.05) is 172 Å². The van der Waals surface area contributed by atoms with Crippen molar-refractivity contribution in [2.75, 3.05) is 178 Å². The van der Waals surface area contributed by atoms with E-state index in [0.717, 1.165) is 209 Å². The highest BCUT2D eigenvalue weighted by Crippen LogP contribution is 2.58. The Labute approximate surface area is 871 Å². The highest BCUT2D eigenvalue weighted by atomic mass is 35.5. The van der Waals surface area contributed by atoms with Gasteiger partial charge in [0.1, 0.15) is 0 Å². The zero-order chi connectivity index (χ0) is 103. The average molecular weight is 2120 g/mol. The summed E-state index contributed by atoms with van der Waals surface area (Å²) in [5.74, 6) is -0.0478. The van der Waals surface area contributed by atoms with Gasteiger partial charge in [-0.25, -0.2) is 14.2 Å². The molecule has 0 unspecified atom stereocenters. The number of hydrogen-bond donors (Lipinski definition) is 4. The summed E-state index contributed by atoms with van der Waals surface area (Å²) < 4.78 is 71.2. The van der Waals surface area contributed by atoms with Crippen LogP contribution in [0.4, 0.5) is 45.5 Å². The SMILES string of the molecule is Cc1c(C(=O)O)c(-c2cccc(N3CCN(c4ccc(N5CCO[P@@]5(=O)c5ccc(C[C@H](CCN6CCOCC6)CSc6ccccc6)c([N+](=O)[O-])c5)cc4)CC3)c2)c(-c2ccc(Cl)cc2)n1C(C)C.Cc1c(C(=O)O)c(-c2cccc(N3CCN(c4ccc(N5CCO[P@]5(=O)c5ccc(C[C@H](CCN6CCC(COP(=O)(O)O)CC6)CSc6ccccc6)c([N+](=O)[O-])c5)cc4)CC3)c2)c(-c2ccc(Cl)cc2)n1C(C)C. The maximum absolute atomic E-state index is 15.0. The summed E-state index contributed by atoms with van der Waals surface area (Å²) in [4.78, 5) is 85.3. The van der Waals surface area contributed by atoms with Gasteiger partial charge in [-0.3, -0.25) is 48.1 Å². The van der Waals surface area contributed by atoms with Crippen molar-refractivity contribution in [3.05, 3.63) is 307 Å². The van der Waals surface area contributed by atoms with E-state index in [4.69, 9.17) is 51.3 Å². The zero-order valence-electron chi connectivity index (χ0n) is 82.9. The summed E-state index contributed by atoms with van der Waals surface area (Å²) in [6, 6.07) is 77.6. The first-order valence-electron chi connectivity index (χ1n) is 49.9. The molecule has 6 aliphatic rings. The number of anilines is 6. The van der Waals surface area contributed by atoms with Crippen LogP contribution in [0.1, 0.15) is 109 Å². The number of carboxylic acid groups (broad SMARTS) is 2. The van der Waals surface area contributed by atoms with Crippen LogP contribution in [0.2, 0.25) is 10.0 Å². The molecule has 10 aromatic carbocycles. The number of piperazine rings is 2. The van der Waals surface area contributed by atoms with Gasteiger partial charge in [-0.05, 0) is 280 Å². The molecule has 2 aromatic heterocycles. The third-order valence-electron chi connectivity index (χ3n) is 28.6. The molecule has 0 saturated carbocycles. The molecule has 8 heterocycles. The second-order valence-corrected chi connectivity index (χ2v) is 47.5. The third-order valence-corrected chi connectivity index (χ3v) is 37.1. The number of morpholine rings is 1. The fraction of sp³-hybridized carbons (Fsp3) is 0.364. The number of aromatic nitrogens is 2. The summed E-state index contributed by atoms with van der Waals surface area (Å²) in [6.45, 7) is 25.6. The summed E-state index contributed by atoms with van der Waals surface area (Å²) in [5.41, 5.74) is 15.1. The minimum Gasteiger partial charge on any atom is -0.478 e. The number of halogens is 2. The number of carbonyl (C=O) groups is 2. The maximum Gasteiger partial charge on any atom is 0.469 e. The molecule has 4 atom stereocenters. The number of nitro groups is 2. The van der Waals surface area contributed by atoms with E-state index in [0.29, 0.717) is 86.2 Å². The lowest BCUT2D eigenvalue weighted by atomic mass is 9.94. The smallest absolute Gasteiger partial charge is 0.469 e. The number of ether oxygens (including phenoxy) is 1. The van der Waals surface area contributed by atoms with E-state index in [2.05, 4.69) is 115 Å². The van der Waals surface area contributed by atoms with E-state index in [1.54, 1.807) is 57.1 Å². The molecule has 6 saturated heterocycles. The van der Waals surface area contributed by atoms with Crippen LogP contribution in [0.5, 0.6) is 0 Å².